The summed E-state index contributed by atoms with van der Waals surface area (Å²) < 4.78 is 31.2. The molecule has 1 aliphatic heterocycles. The molecular formula is C24H37FN2O7. The minimum absolute atomic E-state index is 0.0264. The van der Waals surface area contributed by atoms with Gasteiger partial charge in [0.1, 0.15) is 6.23 Å². The van der Waals surface area contributed by atoms with E-state index in [4.69, 9.17) is 14.2 Å². The highest BCUT2D eigenvalue weighted by Crippen LogP contribution is 2.31. The van der Waals surface area contributed by atoms with Gasteiger partial charge in [-0.25, -0.2) is 4.79 Å². The molecule has 0 aliphatic carbocycles. The van der Waals surface area contributed by atoms with E-state index in [9.17, 15) is 23.6 Å². The number of unbranched alkanes of at least 4 members (excludes halogenated alkanes) is 8. The van der Waals surface area contributed by atoms with E-state index in [2.05, 4.69) is 13.8 Å². The number of rotatable bonds is 15. The fourth-order valence-electron chi connectivity index (χ4n) is 3.83. The Hall–Kier alpha value is -2.49. The number of carbonyl (C=O) groups excluding carboxylic acids is 2. The molecule has 2 heterocycles. The number of aromatic amines is 1. The summed E-state index contributed by atoms with van der Waals surface area (Å²) in [5.74, 6) is -2.11. The molecule has 34 heavy (non-hydrogen) atoms. The van der Waals surface area contributed by atoms with Crippen molar-refractivity contribution in [3.63, 3.8) is 0 Å². The van der Waals surface area contributed by atoms with E-state index in [0.29, 0.717) is 12.8 Å². The highest BCUT2D eigenvalue weighted by Gasteiger charge is 2.42. The molecule has 0 radical (unpaired) electrons. The highest BCUT2D eigenvalue weighted by atomic mass is 19.1. The van der Waals surface area contributed by atoms with Gasteiger partial charge in [0.2, 0.25) is 12.1 Å². The number of nitrogens with one attached hydrogen (secondary N) is 1. The molecule has 0 spiro atoms. The lowest BCUT2D eigenvalue weighted by molar-refractivity contribution is -0.201. The molecule has 1 saturated heterocycles. The number of halogens is 1. The molecule has 3 atom stereocenters. The molecule has 0 aromatic carbocycles. The molecule has 1 aromatic rings. The number of ether oxygens (including phenoxy) is 3. The van der Waals surface area contributed by atoms with Crippen molar-refractivity contribution in [1.82, 2.24) is 9.55 Å². The van der Waals surface area contributed by atoms with Gasteiger partial charge in [0.15, 0.2) is 6.10 Å². The number of aromatic nitrogens is 2. The van der Waals surface area contributed by atoms with Gasteiger partial charge in [-0.15, -0.1) is 0 Å². The largest absolute Gasteiger partial charge is 0.455 e. The lowest BCUT2D eigenvalue weighted by Gasteiger charge is -2.19. The Bertz CT molecular complexity index is 862. The predicted molar refractivity (Wildman–Crippen MR) is 123 cm³/mol. The Morgan fingerprint density at radius 2 is 1.53 bits per heavy atom. The second-order valence-electron chi connectivity index (χ2n) is 8.69. The van der Waals surface area contributed by atoms with Gasteiger partial charge in [-0.05, 0) is 12.8 Å². The summed E-state index contributed by atoms with van der Waals surface area (Å²) in [6, 6.07) is 0. The molecular weight excluding hydrogens is 447 g/mol. The maximum absolute atomic E-state index is 13.8. The lowest BCUT2D eigenvalue weighted by atomic mass is 10.1. The smallest absolute Gasteiger partial charge is 0.330 e. The first kappa shape index (κ1) is 27.8. The van der Waals surface area contributed by atoms with Crippen LogP contribution in [0.3, 0.4) is 0 Å². The van der Waals surface area contributed by atoms with Gasteiger partial charge >= 0.3 is 17.6 Å². The van der Waals surface area contributed by atoms with Crippen LogP contribution in [0.25, 0.3) is 0 Å². The van der Waals surface area contributed by atoms with Crippen LogP contribution in [0, 0.1) is 5.82 Å². The minimum atomic E-state index is -1.22. The van der Waals surface area contributed by atoms with E-state index >= 15 is 0 Å². The Morgan fingerprint density at radius 3 is 2.12 bits per heavy atom. The standard InChI is InChI=1S/C24H37FN2O7/c1-3-5-7-9-11-13-20(28)32-18-15-19(27-16-17(25)22(30)26-24(27)31)33-23(18)34-21(29)14-12-10-8-6-4-2/h16,18-19,23H,3-15H2,1-2H3,(H,26,30,31)/t18-,19+,23+/m0/s1. The van der Waals surface area contributed by atoms with E-state index in [1.165, 1.54) is 0 Å². The third kappa shape index (κ3) is 9.04. The maximum atomic E-state index is 13.8. The van der Waals surface area contributed by atoms with Crippen LogP contribution in [0.2, 0.25) is 0 Å². The molecule has 1 fully saturated rings. The van der Waals surface area contributed by atoms with Crippen LogP contribution in [0.5, 0.6) is 0 Å². The van der Waals surface area contributed by atoms with Crippen molar-refractivity contribution in [3.05, 3.63) is 32.9 Å². The summed E-state index contributed by atoms with van der Waals surface area (Å²) in [4.78, 5) is 50.0. The second kappa shape index (κ2) is 14.7. The zero-order valence-electron chi connectivity index (χ0n) is 20.2. The Labute approximate surface area is 199 Å². The van der Waals surface area contributed by atoms with Crippen molar-refractivity contribution in [2.24, 2.45) is 0 Å². The van der Waals surface area contributed by atoms with Gasteiger partial charge in [0.05, 0.1) is 6.20 Å². The van der Waals surface area contributed by atoms with Gasteiger partial charge in [-0.3, -0.25) is 23.9 Å². The van der Waals surface area contributed by atoms with Crippen LogP contribution in [0.4, 0.5) is 4.39 Å². The van der Waals surface area contributed by atoms with Crippen LogP contribution in [0.1, 0.15) is 104 Å². The predicted octanol–water partition coefficient (Wildman–Crippen LogP) is 4.10. The molecule has 1 aliphatic rings. The molecule has 9 nitrogen and oxygen atoms in total. The average Bonchev–Trinajstić information content (AvgIpc) is 3.17. The Kier molecular flexibility index (Phi) is 12.0. The number of esters is 2. The number of H-pyrrole nitrogens is 1. The average molecular weight is 485 g/mol. The van der Waals surface area contributed by atoms with E-state index in [1.54, 1.807) is 0 Å². The molecule has 0 saturated carbocycles. The molecule has 1 N–H and O–H groups in total. The number of hydrogen-bond donors (Lipinski definition) is 1. The van der Waals surface area contributed by atoms with Gasteiger partial charge in [-0.1, -0.05) is 65.2 Å². The SMILES string of the molecule is CCCCCCCC(=O)O[C@H]1O[C@@H](n2cc(F)c(=O)[nH]c2=O)C[C@@H]1OC(=O)CCCCCCC. The van der Waals surface area contributed by atoms with E-state index in [1.807, 2.05) is 4.98 Å². The monoisotopic (exact) mass is 484 g/mol. The quantitative estimate of drug-likeness (QED) is 0.294. The van der Waals surface area contributed by atoms with Crippen molar-refractivity contribution in [2.45, 2.75) is 116 Å². The minimum Gasteiger partial charge on any atom is -0.455 e. The molecule has 1 aromatic heterocycles. The summed E-state index contributed by atoms with van der Waals surface area (Å²) in [7, 11) is 0. The first-order chi connectivity index (χ1) is 16.3. The maximum Gasteiger partial charge on any atom is 0.330 e. The van der Waals surface area contributed by atoms with Crippen molar-refractivity contribution < 1.29 is 28.2 Å². The normalized spacial score (nSPS) is 19.8. The molecule has 2 rings (SSSR count). The Morgan fingerprint density at radius 1 is 0.971 bits per heavy atom. The number of carbonyl (C=O) groups is 2. The lowest BCUT2D eigenvalue weighted by Crippen LogP contribution is -2.34. The highest BCUT2D eigenvalue weighted by molar-refractivity contribution is 5.70. The van der Waals surface area contributed by atoms with Crippen LogP contribution in [-0.4, -0.2) is 33.9 Å². The zero-order valence-corrected chi connectivity index (χ0v) is 20.2. The summed E-state index contributed by atoms with van der Waals surface area (Å²) in [6.45, 7) is 4.21. The van der Waals surface area contributed by atoms with Crippen LogP contribution in [-0.2, 0) is 23.8 Å². The van der Waals surface area contributed by atoms with E-state index < -0.39 is 47.6 Å². The molecule has 10 heteroatoms. The van der Waals surface area contributed by atoms with Crippen molar-refractivity contribution in [1.29, 1.82) is 0 Å². The topological polar surface area (TPSA) is 117 Å². The van der Waals surface area contributed by atoms with Crippen LogP contribution < -0.4 is 11.2 Å². The number of nitrogens with zero attached hydrogens (tertiary/aromatic N) is 1. The third-order valence-corrected chi connectivity index (χ3v) is 5.76. The van der Waals surface area contributed by atoms with Crippen LogP contribution in [0.15, 0.2) is 15.8 Å². The summed E-state index contributed by atoms with van der Waals surface area (Å²) >= 11 is 0. The fourth-order valence-corrected chi connectivity index (χ4v) is 3.83. The molecule has 0 amide bonds. The zero-order chi connectivity index (χ0) is 24.9. The number of hydrogen-bond acceptors (Lipinski definition) is 7. The Balaban J connectivity index is 2.00. The first-order valence-electron chi connectivity index (χ1n) is 12.4. The van der Waals surface area contributed by atoms with Gasteiger partial charge in [0.25, 0.3) is 5.56 Å². The van der Waals surface area contributed by atoms with Crippen molar-refractivity contribution in [2.75, 3.05) is 0 Å². The third-order valence-electron chi connectivity index (χ3n) is 5.76. The summed E-state index contributed by atoms with van der Waals surface area (Å²) in [5, 5.41) is 0. The summed E-state index contributed by atoms with van der Waals surface area (Å²) in [6.07, 6.45) is 7.52. The van der Waals surface area contributed by atoms with Gasteiger partial charge in [0, 0.05) is 19.3 Å². The molecule has 0 unspecified atom stereocenters. The van der Waals surface area contributed by atoms with Gasteiger partial charge in [-0.2, -0.15) is 4.39 Å². The van der Waals surface area contributed by atoms with Gasteiger partial charge < -0.3 is 14.2 Å². The summed E-state index contributed by atoms with van der Waals surface area (Å²) in [5.41, 5.74) is -2.02. The fraction of sp³-hybridized carbons (Fsp3) is 0.750. The van der Waals surface area contributed by atoms with Crippen LogP contribution >= 0.6 is 0 Å². The van der Waals surface area contributed by atoms with Crippen molar-refractivity contribution in [3.8, 4) is 0 Å². The second-order valence-corrected chi connectivity index (χ2v) is 8.69. The molecule has 192 valence electrons. The first-order valence-corrected chi connectivity index (χ1v) is 12.4. The van der Waals surface area contributed by atoms with Crippen molar-refractivity contribution >= 4 is 11.9 Å². The van der Waals surface area contributed by atoms with E-state index in [-0.39, 0.29) is 19.3 Å². The molecule has 0 bridgehead atoms. The van der Waals surface area contributed by atoms with E-state index in [0.717, 1.165) is 62.1 Å².